The number of benzene rings is 1. The number of likely N-dealkylation sites (N-methyl/N-ethyl adjacent to an activating group) is 1. The first-order chi connectivity index (χ1) is 7.70. The molecule has 88 valence electrons. The minimum atomic E-state index is -0.361. The summed E-state index contributed by atoms with van der Waals surface area (Å²) in [5, 5.41) is 3.21. The van der Waals surface area contributed by atoms with Gasteiger partial charge in [-0.1, -0.05) is 6.42 Å². The lowest BCUT2D eigenvalue weighted by Gasteiger charge is -2.33. The van der Waals surface area contributed by atoms with Crippen molar-refractivity contribution in [2.45, 2.75) is 31.7 Å². The normalized spacial score (nSPS) is 18.2. The molecule has 1 aliphatic rings. The Bertz CT molecular complexity index is 361. The number of hydrogen-bond donors (Lipinski definition) is 1. The van der Waals surface area contributed by atoms with Gasteiger partial charge in [-0.15, -0.1) is 0 Å². The van der Waals surface area contributed by atoms with E-state index in [1.165, 1.54) is 31.4 Å². The summed E-state index contributed by atoms with van der Waals surface area (Å²) >= 11 is 0. The van der Waals surface area contributed by atoms with Crippen molar-refractivity contribution in [2.24, 2.45) is 5.92 Å². The van der Waals surface area contributed by atoms with Gasteiger partial charge in [-0.3, -0.25) is 0 Å². The molecule has 1 aromatic carbocycles. The second kappa shape index (κ2) is 4.91. The standard InChI is InChI=1S/C13H17F2N/c1-16-13(9-3-2-4-9)8-10-7-11(14)5-6-12(10)15/h5-7,9,13,16H,2-4,8H2,1H3. The number of halogens is 2. The summed E-state index contributed by atoms with van der Waals surface area (Å²) in [6.45, 7) is 0. The lowest BCUT2D eigenvalue weighted by molar-refractivity contribution is 0.234. The smallest absolute Gasteiger partial charge is 0.126 e. The maximum atomic E-state index is 13.5. The fraction of sp³-hybridized carbons (Fsp3) is 0.538. The third-order valence-electron chi connectivity index (χ3n) is 3.54. The highest BCUT2D eigenvalue weighted by Gasteiger charge is 2.26. The van der Waals surface area contributed by atoms with Gasteiger partial charge >= 0.3 is 0 Å². The average molecular weight is 225 g/mol. The molecule has 0 spiro atoms. The van der Waals surface area contributed by atoms with Gasteiger partial charge in [0.25, 0.3) is 0 Å². The summed E-state index contributed by atoms with van der Waals surface area (Å²) in [4.78, 5) is 0. The third kappa shape index (κ3) is 2.40. The van der Waals surface area contributed by atoms with Crippen LogP contribution in [0, 0.1) is 17.6 Å². The molecular weight excluding hydrogens is 208 g/mol. The number of nitrogens with one attached hydrogen (secondary N) is 1. The van der Waals surface area contributed by atoms with E-state index in [0.29, 0.717) is 17.9 Å². The van der Waals surface area contributed by atoms with E-state index in [2.05, 4.69) is 5.32 Å². The van der Waals surface area contributed by atoms with Gasteiger partial charge in [0, 0.05) is 6.04 Å². The molecule has 0 amide bonds. The Morgan fingerprint density at radius 2 is 2.12 bits per heavy atom. The highest BCUT2D eigenvalue weighted by atomic mass is 19.1. The second-order valence-electron chi connectivity index (χ2n) is 4.53. The van der Waals surface area contributed by atoms with Gasteiger partial charge in [0.2, 0.25) is 0 Å². The molecule has 1 saturated carbocycles. The van der Waals surface area contributed by atoms with Gasteiger partial charge in [0.1, 0.15) is 11.6 Å². The Morgan fingerprint density at radius 3 is 2.69 bits per heavy atom. The van der Waals surface area contributed by atoms with E-state index in [-0.39, 0.29) is 17.7 Å². The largest absolute Gasteiger partial charge is 0.316 e. The van der Waals surface area contributed by atoms with Crippen LogP contribution in [0.4, 0.5) is 8.78 Å². The molecule has 1 fully saturated rings. The molecule has 0 radical (unpaired) electrons. The molecule has 1 aliphatic carbocycles. The highest BCUT2D eigenvalue weighted by molar-refractivity contribution is 5.20. The van der Waals surface area contributed by atoms with E-state index in [1.54, 1.807) is 0 Å². The van der Waals surface area contributed by atoms with E-state index in [0.717, 1.165) is 6.07 Å². The van der Waals surface area contributed by atoms with Crippen molar-refractivity contribution in [3.05, 3.63) is 35.4 Å². The maximum Gasteiger partial charge on any atom is 0.126 e. The number of rotatable bonds is 4. The topological polar surface area (TPSA) is 12.0 Å². The van der Waals surface area contributed by atoms with Crippen LogP contribution in [-0.2, 0) is 6.42 Å². The molecule has 0 saturated heterocycles. The first kappa shape index (κ1) is 11.5. The van der Waals surface area contributed by atoms with Crippen LogP contribution in [-0.4, -0.2) is 13.1 Å². The molecule has 1 atom stereocenters. The molecule has 3 heteroatoms. The van der Waals surface area contributed by atoms with Crippen LogP contribution >= 0.6 is 0 Å². The fourth-order valence-electron chi connectivity index (χ4n) is 2.28. The molecule has 1 N–H and O–H groups in total. The van der Waals surface area contributed by atoms with Gasteiger partial charge in [-0.05, 0) is 56.0 Å². The molecule has 16 heavy (non-hydrogen) atoms. The summed E-state index contributed by atoms with van der Waals surface area (Å²) < 4.78 is 26.5. The lowest BCUT2D eigenvalue weighted by Crippen LogP contribution is -2.39. The minimum Gasteiger partial charge on any atom is -0.316 e. The zero-order chi connectivity index (χ0) is 11.5. The summed E-state index contributed by atoms with van der Waals surface area (Å²) in [7, 11) is 1.89. The van der Waals surface area contributed by atoms with Crippen LogP contribution in [0.1, 0.15) is 24.8 Å². The first-order valence-electron chi connectivity index (χ1n) is 5.82. The minimum absolute atomic E-state index is 0.269. The fourth-order valence-corrected chi connectivity index (χ4v) is 2.28. The van der Waals surface area contributed by atoms with Gasteiger partial charge < -0.3 is 5.32 Å². The molecule has 0 bridgehead atoms. The number of hydrogen-bond acceptors (Lipinski definition) is 1. The molecule has 1 nitrogen and oxygen atoms in total. The Balaban J connectivity index is 2.08. The molecule has 1 aromatic rings. The van der Waals surface area contributed by atoms with Crippen LogP contribution in [0.5, 0.6) is 0 Å². The van der Waals surface area contributed by atoms with Crippen molar-refractivity contribution in [2.75, 3.05) is 7.05 Å². The van der Waals surface area contributed by atoms with E-state index < -0.39 is 0 Å². The Hall–Kier alpha value is -0.960. The average Bonchev–Trinajstić information content (AvgIpc) is 2.19. The molecular formula is C13H17F2N. The van der Waals surface area contributed by atoms with E-state index in [9.17, 15) is 8.78 Å². The van der Waals surface area contributed by atoms with Gasteiger partial charge in [-0.2, -0.15) is 0 Å². The molecule has 0 heterocycles. The maximum absolute atomic E-state index is 13.5. The predicted molar refractivity (Wildman–Crippen MR) is 60.3 cm³/mol. The Morgan fingerprint density at radius 1 is 1.38 bits per heavy atom. The quantitative estimate of drug-likeness (QED) is 0.830. The van der Waals surface area contributed by atoms with Gasteiger partial charge in [0.15, 0.2) is 0 Å². The summed E-state index contributed by atoms with van der Waals surface area (Å²) in [5.74, 6) is -0.0477. The molecule has 2 rings (SSSR count). The Labute approximate surface area is 94.9 Å². The SMILES string of the molecule is CNC(Cc1cc(F)ccc1F)C1CCC1. The first-order valence-corrected chi connectivity index (χ1v) is 5.82. The van der Waals surface area contributed by atoms with E-state index in [1.807, 2.05) is 7.05 Å². The van der Waals surface area contributed by atoms with Crippen molar-refractivity contribution >= 4 is 0 Å². The van der Waals surface area contributed by atoms with Crippen LogP contribution in [0.2, 0.25) is 0 Å². The van der Waals surface area contributed by atoms with Crippen LogP contribution < -0.4 is 5.32 Å². The van der Waals surface area contributed by atoms with Crippen LogP contribution in [0.15, 0.2) is 18.2 Å². The van der Waals surface area contributed by atoms with Crippen LogP contribution in [0.25, 0.3) is 0 Å². The zero-order valence-electron chi connectivity index (χ0n) is 9.47. The highest BCUT2D eigenvalue weighted by Crippen LogP contribution is 2.31. The molecule has 0 aromatic heterocycles. The summed E-state index contributed by atoms with van der Waals surface area (Å²) in [5.41, 5.74) is 0.478. The molecule has 1 unspecified atom stereocenters. The molecule has 0 aliphatic heterocycles. The zero-order valence-corrected chi connectivity index (χ0v) is 9.47. The third-order valence-corrected chi connectivity index (χ3v) is 3.54. The van der Waals surface area contributed by atoms with Gasteiger partial charge in [0.05, 0.1) is 0 Å². The lowest BCUT2D eigenvalue weighted by atomic mass is 9.77. The van der Waals surface area contributed by atoms with E-state index in [4.69, 9.17) is 0 Å². The van der Waals surface area contributed by atoms with E-state index >= 15 is 0 Å². The van der Waals surface area contributed by atoms with Gasteiger partial charge in [-0.25, -0.2) is 8.78 Å². The van der Waals surface area contributed by atoms with Crippen molar-refractivity contribution in [1.29, 1.82) is 0 Å². The summed E-state index contributed by atoms with van der Waals surface area (Å²) in [6, 6.07) is 3.94. The monoisotopic (exact) mass is 225 g/mol. The second-order valence-corrected chi connectivity index (χ2v) is 4.53. The van der Waals surface area contributed by atoms with Crippen molar-refractivity contribution in [3.8, 4) is 0 Å². The predicted octanol–water partition coefficient (Wildman–Crippen LogP) is 2.90. The van der Waals surface area contributed by atoms with Crippen molar-refractivity contribution in [1.82, 2.24) is 5.32 Å². The van der Waals surface area contributed by atoms with Crippen molar-refractivity contribution in [3.63, 3.8) is 0 Å². The van der Waals surface area contributed by atoms with Crippen molar-refractivity contribution < 1.29 is 8.78 Å². The van der Waals surface area contributed by atoms with Crippen LogP contribution in [0.3, 0.4) is 0 Å². The Kier molecular flexibility index (Phi) is 3.54. The summed E-state index contributed by atoms with van der Waals surface area (Å²) in [6.07, 6.45) is 4.23.